The summed E-state index contributed by atoms with van der Waals surface area (Å²) in [7, 11) is 0. The molecule has 1 aromatic carbocycles. The molecule has 0 atom stereocenters. The van der Waals surface area contributed by atoms with Crippen LogP contribution in [-0.2, 0) is 0 Å². The molecule has 0 saturated carbocycles. The van der Waals surface area contributed by atoms with Crippen molar-refractivity contribution in [3.8, 4) is 11.4 Å². The van der Waals surface area contributed by atoms with E-state index < -0.39 is 0 Å². The summed E-state index contributed by atoms with van der Waals surface area (Å²) in [6, 6.07) is 4.51. The highest BCUT2D eigenvalue weighted by atomic mass is 127. The van der Waals surface area contributed by atoms with Gasteiger partial charge in [-0.15, -0.1) is 0 Å². The molecule has 1 aromatic heterocycles. The molecule has 2 rings (SSSR count). The van der Waals surface area contributed by atoms with Gasteiger partial charge in [-0.2, -0.15) is 0 Å². The SMILES string of the molecule is Cc1nc(-c2cc(F)cc(Br)c2)nc(Cl)c1I. The van der Waals surface area contributed by atoms with Gasteiger partial charge in [0.25, 0.3) is 0 Å². The third-order valence-corrected chi connectivity index (χ3v) is 4.44. The van der Waals surface area contributed by atoms with Crippen molar-refractivity contribution in [1.82, 2.24) is 9.97 Å². The molecule has 0 aliphatic heterocycles. The van der Waals surface area contributed by atoms with Gasteiger partial charge in [0.2, 0.25) is 0 Å². The average molecular weight is 427 g/mol. The monoisotopic (exact) mass is 426 g/mol. The molecular formula is C11H6BrClFIN2. The number of benzene rings is 1. The molecule has 0 N–H and O–H groups in total. The van der Waals surface area contributed by atoms with E-state index in [9.17, 15) is 4.39 Å². The average Bonchev–Trinajstić information content (AvgIpc) is 2.23. The van der Waals surface area contributed by atoms with Crippen LogP contribution in [0.2, 0.25) is 5.15 Å². The first-order chi connectivity index (χ1) is 7.97. The van der Waals surface area contributed by atoms with E-state index in [1.807, 2.05) is 6.92 Å². The van der Waals surface area contributed by atoms with Gasteiger partial charge < -0.3 is 0 Å². The first-order valence-electron chi connectivity index (χ1n) is 4.63. The Morgan fingerprint density at radius 3 is 2.59 bits per heavy atom. The Labute approximate surface area is 125 Å². The molecule has 0 spiro atoms. The van der Waals surface area contributed by atoms with Crippen LogP contribution in [-0.4, -0.2) is 9.97 Å². The van der Waals surface area contributed by atoms with E-state index in [1.54, 1.807) is 6.07 Å². The lowest BCUT2D eigenvalue weighted by molar-refractivity contribution is 0.627. The van der Waals surface area contributed by atoms with Crippen molar-refractivity contribution in [2.75, 3.05) is 0 Å². The Hall–Kier alpha value is -0.270. The fourth-order valence-electron chi connectivity index (χ4n) is 1.34. The lowest BCUT2D eigenvalue weighted by Gasteiger charge is -2.05. The summed E-state index contributed by atoms with van der Waals surface area (Å²) in [6.45, 7) is 1.84. The second-order valence-electron chi connectivity index (χ2n) is 3.40. The van der Waals surface area contributed by atoms with Gasteiger partial charge in [-0.3, -0.25) is 0 Å². The van der Waals surface area contributed by atoms with Gasteiger partial charge in [0.05, 0.1) is 9.26 Å². The maximum absolute atomic E-state index is 13.3. The zero-order valence-corrected chi connectivity index (χ0v) is 13.1. The van der Waals surface area contributed by atoms with Crippen LogP contribution in [0.15, 0.2) is 22.7 Å². The molecule has 88 valence electrons. The highest BCUT2D eigenvalue weighted by Crippen LogP contribution is 2.26. The molecule has 0 bridgehead atoms. The number of hydrogen-bond donors (Lipinski definition) is 0. The third-order valence-electron chi connectivity index (χ3n) is 2.10. The number of hydrogen-bond acceptors (Lipinski definition) is 2. The minimum Gasteiger partial charge on any atom is -0.232 e. The Balaban J connectivity index is 2.60. The van der Waals surface area contributed by atoms with Crippen molar-refractivity contribution in [3.63, 3.8) is 0 Å². The first-order valence-corrected chi connectivity index (χ1v) is 6.88. The molecular weight excluding hydrogens is 421 g/mol. The topological polar surface area (TPSA) is 25.8 Å². The van der Waals surface area contributed by atoms with Gasteiger partial charge in [-0.05, 0) is 47.7 Å². The number of aryl methyl sites for hydroxylation is 1. The molecule has 17 heavy (non-hydrogen) atoms. The van der Waals surface area contributed by atoms with E-state index in [0.717, 1.165) is 9.26 Å². The lowest BCUT2D eigenvalue weighted by atomic mass is 10.2. The van der Waals surface area contributed by atoms with E-state index in [2.05, 4.69) is 48.5 Å². The van der Waals surface area contributed by atoms with Crippen LogP contribution in [0.5, 0.6) is 0 Å². The van der Waals surface area contributed by atoms with Crippen LogP contribution in [0.4, 0.5) is 4.39 Å². The highest BCUT2D eigenvalue weighted by molar-refractivity contribution is 14.1. The van der Waals surface area contributed by atoms with Crippen molar-refractivity contribution in [3.05, 3.63) is 42.9 Å². The molecule has 6 heteroatoms. The van der Waals surface area contributed by atoms with Gasteiger partial charge in [0, 0.05) is 10.0 Å². The molecule has 0 fully saturated rings. The predicted molar refractivity (Wildman–Crippen MR) is 77.6 cm³/mol. The Morgan fingerprint density at radius 2 is 2.00 bits per heavy atom. The first kappa shape index (κ1) is 13.2. The van der Waals surface area contributed by atoms with Gasteiger partial charge in [0.1, 0.15) is 11.0 Å². The molecule has 1 heterocycles. The third kappa shape index (κ3) is 2.95. The summed E-state index contributed by atoms with van der Waals surface area (Å²) in [5.41, 5.74) is 1.37. The standard InChI is InChI=1S/C11H6BrClFIN2/c1-5-9(15)10(13)17-11(16-5)6-2-7(12)4-8(14)3-6/h2-4H,1H3. The lowest BCUT2D eigenvalue weighted by Crippen LogP contribution is -1.97. The summed E-state index contributed by atoms with van der Waals surface area (Å²) in [4.78, 5) is 8.44. The van der Waals surface area contributed by atoms with E-state index >= 15 is 0 Å². The summed E-state index contributed by atoms with van der Waals surface area (Å²) >= 11 is 11.3. The molecule has 0 unspecified atom stereocenters. The minimum absolute atomic E-state index is 0.342. The van der Waals surface area contributed by atoms with E-state index in [-0.39, 0.29) is 5.82 Å². The largest absolute Gasteiger partial charge is 0.232 e. The van der Waals surface area contributed by atoms with Gasteiger partial charge in [0.15, 0.2) is 5.82 Å². The minimum atomic E-state index is -0.342. The van der Waals surface area contributed by atoms with E-state index in [1.165, 1.54) is 12.1 Å². The zero-order chi connectivity index (χ0) is 12.6. The quantitative estimate of drug-likeness (QED) is 0.491. The molecule has 2 aromatic rings. The number of rotatable bonds is 1. The number of halogens is 4. The second kappa shape index (κ2) is 5.16. The maximum Gasteiger partial charge on any atom is 0.161 e. The molecule has 0 aliphatic carbocycles. The number of nitrogens with zero attached hydrogens (tertiary/aromatic N) is 2. The molecule has 0 radical (unpaired) electrons. The second-order valence-corrected chi connectivity index (χ2v) is 5.75. The Bertz CT molecular complexity index is 548. The van der Waals surface area contributed by atoms with Crippen molar-refractivity contribution in [2.24, 2.45) is 0 Å². The Kier molecular flexibility index (Phi) is 3.99. The van der Waals surface area contributed by atoms with Crippen LogP contribution in [0, 0.1) is 16.3 Å². The van der Waals surface area contributed by atoms with Gasteiger partial charge in [-0.25, -0.2) is 14.4 Å². The predicted octanol–water partition coefficient (Wildman–Crippen LogP) is 4.61. The van der Waals surface area contributed by atoms with Crippen LogP contribution < -0.4 is 0 Å². The van der Waals surface area contributed by atoms with Crippen molar-refractivity contribution < 1.29 is 4.39 Å². The Morgan fingerprint density at radius 1 is 1.29 bits per heavy atom. The van der Waals surface area contributed by atoms with Crippen LogP contribution >= 0.6 is 50.1 Å². The summed E-state index contributed by atoms with van der Waals surface area (Å²) < 4.78 is 14.7. The van der Waals surface area contributed by atoms with Gasteiger partial charge in [-0.1, -0.05) is 27.5 Å². The van der Waals surface area contributed by atoms with Crippen molar-refractivity contribution in [1.29, 1.82) is 0 Å². The van der Waals surface area contributed by atoms with Crippen LogP contribution in [0.3, 0.4) is 0 Å². The van der Waals surface area contributed by atoms with Crippen molar-refractivity contribution >= 4 is 50.1 Å². The number of aromatic nitrogens is 2. The summed E-state index contributed by atoms with van der Waals surface area (Å²) in [5, 5.41) is 0.383. The molecule has 0 aliphatic rings. The molecule has 0 amide bonds. The van der Waals surface area contributed by atoms with Crippen molar-refractivity contribution in [2.45, 2.75) is 6.92 Å². The maximum atomic E-state index is 13.3. The molecule has 0 saturated heterocycles. The summed E-state index contributed by atoms with van der Waals surface area (Å²) in [6.07, 6.45) is 0. The van der Waals surface area contributed by atoms with Gasteiger partial charge >= 0.3 is 0 Å². The van der Waals surface area contributed by atoms with Crippen LogP contribution in [0.25, 0.3) is 11.4 Å². The fourth-order valence-corrected chi connectivity index (χ4v) is 2.26. The fraction of sp³-hybridized carbons (Fsp3) is 0.0909. The smallest absolute Gasteiger partial charge is 0.161 e. The van der Waals surface area contributed by atoms with E-state index in [0.29, 0.717) is 21.0 Å². The van der Waals surface area contributed by atoms with E-state index in [4.69, 9.17) is 11.6 Å². The molecule has 2 nitrogen and oxygen atoms in total. The summed E-state index contributed by atoms with van der Waals surface area (Å²) in [5.74, 6) is 0.0819. The highest BCUT2D eigenvalue weighted by Gasteiger charge is 2.10. The van der Waals surface area contributed by atoms with Crippen LogP contribution in [0.1, 0.15) is 5.69 Å². The zero-order valence-electron chi connectivity index (χ0n) is 8.64. The normalized spacial score (nSPS) is 10.6.